The van der Waals surface area contributed by atoms with Crippen molar-refractivity contribution < 1.29 is 18.3 Å². The molecule has 1 heterocycles. The molecule has 0 amide bonds. The number of aliphatic hydroxyl groups excluding tert-OH is 1. The highest BCUT2D eigenvalue weighted by Crippen LogP contribution is 2.29. The largest absolute Gasteiger partial charge is 0.416 e. The van der Waals surface area contributed by atoms with Crippen LogP contribution in [0, 0.1) is 0 Å². The molecule has 0 radical (unpaired) electrons. The highest BCUT2D eigenvalue weighted by Gasteiger charge is 2.30. The van der Waals surface area contributed by atoms with E-state index < -0.39 is 17.8 Å². The first-order valence-corrected chi connectivity index (χ1v) is 6.64. The molecule has 4 nitrogen and oxygen atoms in total. The number of nitrogens with zero attached hydrogens (tertiary/aromatic N) is 3. The zero-order valence-corrected chi connectivity index (χ0v) is 11.5. The molecule has 0 spiro atoms. The van der Waals surface area contributed by atoms with Crippen molar-refractivity contribution in [3.8, 4) is 0 Å². The lowest BCUT2D eigenvalue weighted by Gasteiger charge is -2.13. The van der Waals surface area contributed by atoms with Gasteiger partial charge in [0.15, 0.2) is 0 Å². The predicted octanol–water partition coefficient (Wildman–Crippen LogP) is 2.98. The van der Waals surface area contributed by atoms with Crippen molar-refractivity contribution in [2.24, 2.45) is 0 Å². The van der Waals surface area contributed by atoms with E-state index in [-0.39, 0.29) is 6.42 Å². The second kappa shape index (κ2) is 6.26. The molecular formula is C14H16F3N3O. The van der Waals surface area contributed by atoms with Gasteiger partial charge in [0.2, 0.25) is 0 Å². The van der Waals surface area contributed by atoms with Crippen LogP contribution in [-0.4, -0.2) is 20.1 Å². The van der Waals surface area contributed by atoms with Gasteiger partial charge in [0, 0.05) is 13.0 Å². The van der Waals surface area contributed by atoms with Crippen molar-refractivity contribution in [1.29, 1.82) is 0 Å². The summed E-state index contributed by atoms with van der Waals surface area (Å²) in [6, 6.07) is 4.79. The Morgan fingerprint density at radius 2 is 1.90 bits per heavy atom. The first-order chi connectivity index (χ1) is 9.91. The molecule has 7 heteroatoms. The number of aliphatic hydroxyl groups is 1. The Bertz CT molecular complexity index is 578. The normalized spacial score (nSPS) is 13.4. The third-order valence-corrected chi connectivity index (χ3v) is 3.13. The summed E-state index contributed by atoms with van der Waals surface area (Å²) in [5.74, 6) is 0. The van der Waals surface area contributed by atoms with Gasteiger partial charge in [-0.1, -0.05) is 24.3 Å². The Morgan fingerprint density at radius 1 is 1.24 bits per heavy atom. The van der Waals surface area contributed by atoms with Crippen LogP contribution in [0.1, 0.15) is 36.3 Å². The third kappa shape index (κ3) is 3.81. The van der Waals surface area contributed by atoms with Crippen LogP contribution in [-0.2, 0) is 19.1 Å². The molecule has 1 N–H and O–H groups in total. The first kappa shape index (κ1) is 15.5. The van der Waals surface area contributed by atoms with Crippen molar-refractivity contribution >= 4 is 0 Å². The topological polar surface area (TPSA) is 50.9 Å². The summed E-state index contributed by atoms with van der Waals surface area (Å²) < 4.78 is 39.0. The number of benzene rings is 1. The summed E-state index contributed by atoms with van der Waals surface area (Å²) in [5.41, 5.74) is 0.495. The van der Waals surface area contributed by atoms with E-state index in [1.54, 1.807) is 4.68 Å². The van der Waals surface area contributed by atoms with E-state index in [4.69, 9.17) is 0 Å². The maximum absolute atomic E-state index is 12.5. The van der Waals surface area contributed by atoms with Crippen LogP contribution < -0.4 is 0 Å². The van der Waals surface area contributed by atoms with Crippen molar-refractivity contribution in [1.82, 2.24) is 15.0 Å². The molecule has 1 unspecified atom stereocenters. The maximum Gasteiger partial charge on any atom is 0.416 e. The van der Waals surface area contributed by atoms with Crippen LogP contribution in [0.25, 0.3) is 0 Å². The summed E-state index contributed by atoms with van der Waals surface area (Å²) in [7, 11) is 0. The van der Waals surface area contributed by atoms with Crippen molar-refractivity contribution in [3.63, 3.8) is 0 Å². The van der Waals surface area contributed by atoms with Gasteiger partial charge in [-0.25, -0.2) is 4.68 Å². The van der Waals surface area contributed by atoms with E-state index in [1.807, 2.05) is 6.92 Å². The number of hydrogen-bond donors (Lipinski definition) is 1. The molecular weight excluding hydrogens is 283 g/mol. The van der Waals surface area contributed by atoms with Crippen LogP contribution in [0.3, 0.4) is 0 Å². The van der Waals surface area contributed by atoms with Crippen LogP contribution in [0.15, 0.2) is 30.5 Å². The summed E-state index contributed by atoms with van der Waals surface area (Å²) in [6.45, 7) is 2.62. The fourth-order valence-electron chi connectivity index (χ4n) is 2.07. The molecule has 1 aromatic carbocycles. The lowest BCUT2D eigenvalue weighted by molar-refractivity contribution is -0.137. The van der Waals surface area contributed by atoms with Gasteiger partial charge in [0.05, 0.1) is 17.5 Å². The minimum atomic E-state index is -4.35. The maximum atomic E-state index is 12.5. The monoisotopic (exact) mass is 299 g/mol. The van der Waals surface area contributed by atoms with Crippen LogP contribution in [0.4, 0.5) is 13.2 Å². The molecule has 0 saturated carbocycles. The van der Waals surface area contributed by atoms with E-state index in [9.17, 15) is 18.3 Å². The first-order valence-electron chi connectivity index (χ1n) is 6.64. The number of aryl methyl sites for hydroxylation is 1. The van der Waals surface area contributed by atoms with Gasteiger partial charge in [0.25, 0.3) is 0 Å². The van der Waals surface area contributed by atoms with Gasteiger partial charge in [-0.2, -0.15) is 13.2 Å². The zero-order chi connectivity index (χ0) is 15.5. The molecule has 0 fully saturated rings. The third-order valence-electron chi connectivity index (χ3n) is 3.13. The second-order valence-corrected chi connectivity index (χ2v) is 4.80. The van der Waals surface area contributed by atoms with Crippen molar-refractivity contribution in [2.75, 3.05) is 0 Å². The SMILES string of the molecule is CCCn1nncc1C(O)Cc1ccc(C(F)(F)F)cc1. The fraction of sp³-hybridized carbons (Fsp3) is 0.429. The van der Waals surface area contributed by atoms with E-state index in [0.29, 0.717) is 17.8 Å². The quantitative estimate of drug-likeness (QED) is 0.923. The summed E-state index contributed by atoms with van der Waals surface area (Å²) >= 11 is 0. The average Bonchev–Trinajstić information content (AvgIpc) is 2.87. The Morgan fingerprint density at radius 3 is 2.48 bits per heavy atom. The van der Waals surface area contributed by atoms with Crippen LogP contribution in [0.2, 0.25) is 0 Å². The van der Waals surface area contributed by atoms with E-state index in [2.05, 4.69) is 10.3 Å². The molecule has 0 bridgehead atoms. The molecule has 0 saturated heterocycles. The predicted molar refractivity (Wildman–Crippen MR) is 70.4 cm³/mol. The Labute approximate surface area is 120 Å². The van der Waals surface area contributed by atoms with Crippen molar-refractivity contribution in [2.45, 2.75) is 38.6 Å². The number of halogens is 3. The van der Waals surface area contributed by atoms with Gasteiger partial charge in [-0.05, 0) is 24.1 Å². The van der Waals surface area contributed by atoms with Crippen LogP contribution >= 0.6 is 0 Å². The Hall–Kier alpha value is -1.89. The lowest BCUT2D eigenvalue weighted by Crippen LogP contribution is -2.11. The molecule has 2 aromatic rings. The summed E-state index contributed by atoms with van der Waals surface area (Å²) in [4.78, 5) is 0. The molecule has 0 aliphatic heterocycles. The molecule has 1 aromatic heterocycles. The number of hydrogen-bond acceptors (Lipinski definition) is 3. The number of alkyl halides is 3. The van der Waals surface area contributed by atoms with Gasteiger partial charge in [-0.15, -0.1) is 5.10 Å². The smallest absolute Gasteiger partial charge is 0.386 e. The van der Waals surface area contributed by atoms with E-state index in [0.717, 1.165) is 18.6 Å². The summed E-state index contributed by atoms with van der Waals surface area (Å²) in [6.07, 6.45) is -2.65. The Balaban J connectivity index is 2.09. The zero-order valence-electron chi connectivity index (χ0n) is 11.5. The van der Waals surface area contributed by atoms with Gasteiger partial charge >= 0.3 is 6.18 Å². The highest BCUT2D eigenvalue weighted by atomic mass is 19.4. The molecule has 1 atom stereocenters. The minimum absolute atomic E-state index is 0.217. The molecule has 21 heavy (non-hydrogen) atoms. The highest BCUT2D eigenvalue weighted by molar-refractivity contribution is 5.25. The van der Waals surface area contributed by atoms with Gasteiger partial charge in [0.1, 0.15) is 6.10 Å². The Kier molecular flexibility index (Phi) is 4.62. The van der Waals surface area contributed by atoms with Crippen LogP contribution in [0.5, 0.6) is 0 Å². The van der Waals surface area contributed by atoms with E-state index >= 15 is 0 Å². The van der Waals surface area contributed by atoms with Gasteiger partial charge in [-0.3, -0.25) is 0 Å². The second-order valence-electron chi connectivity index (χ2n) is 4.80. The number of rotatable bonds is 5. The number of aromatic nitrogens is 3. The lowest BCUT2D eigenvalue weighted by atomic mass is 10.0. The molecule has 0 aliphatic rings. The molecule has 114 valence electrons. The standard InChI is InChI=1S/C14H16F3N3O/c1-2-7-20-12(9-18-19-20)13(21)8-10-3-5-11(6-4-10)14(15,16)17/h3-6,9,13,21H,2,7-8H2,1H3. The molecule has 0 aliphatic carbocycles. The summed E-state index contributed by atoms with van der Waals surface area (Å²) in [5, 5.41) is 17.8. The van der Waals surface area contributed by atoms with Crippen molar-refractivity contribution in [3.05, 3.63) is 47.3 Å². The van der Waals surface area contributed by atoms with E-state index in [1.165, 1.54) is 18.3 Å². The average molecular weight is 299 g/mol. The van der Waals surface area contributed by atoms with Gasteiger partial charge < -0.3 is 5.11 Å². The fourth-order valence-corrected chi connectivity index (χ4v) is 2.07. The molecule has 2 rings (SSSR count). The minimum Gasteiger partial charge on any atom is -0.386 e.